The van der Waals surface area contributed by atoms with Crippen LogP contribution in [0.4, 0.5) is 0 Å². The standard InChI is InChI=1S/C14H14N2O3S2/c17-13(16-5-2-1-3-11(16)14(18)19)10-8-21-12(15-10)9-4-6-20-7-9/h4,6-8,11H,1-3,5H2,(H,18,19)/t11-/m0/s1. The highest BCUT2D eigenvalue weighted by Gasteiger charge is 2.33. The number of amides is 1. The highest BCUT2D eigenvalue weighted by atomic mass is 32.1. The maximum Gasteiger partial charge on any atom is 0.326 e. The van der Waals surface area contributed by atoms with E-state index in [0.29, 0.717) is 18.7 Å². The number of carboxylic acids is 1. The molecule has 0 aliphatic carbocycles. The molecule has 0 aromatic carbocycles. The number of likely N-dealkylation sites (tertiary alicyclic amines) is 1. The fourth-order valence-corrected chi connectivity index (χ4v) is 3.98. The number of thiophene rings is 1. The third kappa shape index (κ3) is 2.84. The Morgan fingerprint density at radius 3 is 2.90 bits per heavy atom. The summed E-state index contributed by atoms with van der Waals surface area (Å²) in [6.45, 7) is 0.487. The number of thiazole rings is 1. The molecule has 1 aliphatic rings. The number of carboxylic acid groups (broad SMARTS) is 1. The van der Waals surface area contributed by atoms with Gasteiger partial charge in [0.05, 0.1) is 0 Å². The molecule has 2 aromatic rings. The van der Waals surface area contributed by atoms with Crippen LogP contribution in [-0.4, -0.2) is 39.5 Å². The summed E-state index contributed by atoms with van der Waals surface area (Å²) in [5.41, 5.74) is 1.34. The molecule has 110 valence electrons. The van der Waals surface area contributed by atoms with Gasteiger partial charge in [-0.05, 0) is 30.7 Å². The maximum atomic E-state index is 12.5. The van der Waals surface area contributed by atoms with E-state index in [1.54, 1.807) is 16.7 Å². The zero-order chi connectivity index (χ0) is 14.8. The van der Waals surface area contributed by atoms with Gasteiger partial charge in [-0.3, -0.25) is 4.79 Å². The molecule has 21 heavy (non-hydrogen) atoms. The first-order valence-electron chi connectivity index (χ1n) is 6.68. The van der Waals surface area contributed by atoms with Crippen molar-refractivity contribution < 1.29 is 14.7 Å². The van der Waals surface area contributed by atoms with Crippen LogP contribution in [0.1, 0.15) is 29.8 Å². The Bertz CT molecular complexity index is 651. The minimum absolute atomic E-state index is 0.278. The number of rotatable bonds is 3. The molecule has 1 fully saturated rings. The van der Waals surface area contributed by atoms with Crippen molar-refractivity contribution in [2.45, 2.75) is 25.3 Å². The number of carbonyl (C=O) groups excluding carboxylic acids is 1. The van der Waals surface area contributed by atoms with Gasteiger partial charge in [-0.2, -0.15) is 11.3 Å². The second-order valence-corrected chi connectivity index (χ2v) is 6.54. The quantitative estimate of drug-likeness (QED) is 0.943. The van der Waals surface area contributed by atoms with Crippen molar-refractivity contribution >= 4 is 34.6 Å². The van der Waals surface area contributed by atoms with Gasteiger partial charge in [0.25, 0.3) is 5.91 Å². The van der Waals surface area contributed by atoms with Gasteiger partial charge in [0.15, 0.2) is 0 Å². The summed E-state index contributed by atoms with van der Waals surface area (Å²) in [5.74, 6) is -1.21. The first-order chi connectivity index (χ1) is 10.2. The van der Waals surface area contributed by atoms with Crippen molar-refractivity contribution in [1.82, 2.24) is 9.88 Å². The Labute approximate surface area is 129 Å². The number of nitrogens with zero attached hydrogens (tertiary/aromatic N) is 2. The van der Waals surface area contributed by atoms with Gasteiger partial charge in [0, 0.05) is 22.9 Å². The summed E-state index contributed by atoms with van der Waals surface area (Å²) in [6, 6.07) is 1.23. The first-order valence-corrected chi connectivity index (χ1v) is 8.51. The summed E-state index contributed by atoms with van der Waals surface area (Å²) in [7, 11) is 0. The van der Waals surface area contributed by atoms with Crippen LogP contribution < -0.4 is 0 Å². The summed E-state index contributed by atoms with van der Waals surface area (Å²) in [5, 5.41) is 15.7. The van der Waals surface area contributed by atoms with Crippen LogP contribution in [0, 0.1) is 0 Å². The first kappa shape index (κ1) is 14.2. The van der Waals surface area contributed by atoms with E-state index in [9.17, 15) is 14.7 Å². The third-order valence-electron chi connectivity index (χ3n) is 3.54. The lowest BCUT2D eigenvalue weighted by Gasteiger charge is -2.32. The van der Waals surface area contributed by atoms with Crippen LogP contribution in [0.25, 0.3) is 10.6 Å². The highest BCUT2D eigenvalue weighted by molar-refractivity contribution is 7.14. The lowest BCUT2D eigenvalue weighted by atomic mass is 10.0. The normalized spacial score (nSPS) is 18.7. The Hall–Kier alpha value is -1.73. The summed E-state index contributed by atoms with van der Waals surface area (Å²) in [6.07, 6.45) is 2.21. The van der Waals surface area contributed by atoms with Gasteiger partial charge >= 0.3 is 5.97 Å². The Morgan fingerprint density at radius 2 is 2.19 bits per heavy atom. The van der Waals surface area contributed by atoms with Crippen molar-refractivity contribution in [1.29, 1.82) is 0 Å². The number of hydrogen-bond acceptors (Lipinski definition) is 5. The molecule has 0 unspecified atom stereocenters. The molecule has 1 saturated heterocycles. The predicted octanol–water partition coefficient (Wildman–Crippen LogP) is 2.95. The minimum Gasteiger partial charge on any atom is -0.480 e. The van der Waals surface area contributed by atoms with Crippen molar-refractivity contribution in [2.24, 2.45) is 0 Å². The second kappa shape index (κ2) is 5.95. The predicted molar refractivity (Wildman–Crippen MR) is 81.7 cm³/mol. The van der Waals surface area contributed by atoms with E-state index in [1.165, 1.54) is 16.2 Å². The maximum absolute atomic E-state index is 12.5. The molecule has 0 spiro atoms. The molecule has 0 radical (unpaired) electrons. The van der Waals surface area contributed by atoms with E-state index < -0.39 is 12.0 Å². The number of piperidine rings is 1. The Kier molecular flexibility index (Phi) is 4.03. The number of aromatic nitrogens is 1. The summed E-state index contributed by atoms with van der Waals surface area (Å²) >= 11 is 2.99. The van der Waals surface area contributed by atoms with Crippen LogP contribution in [0.15, 0.2) is 22.2 Å². The van der Waals surface area contributed by atoms with Gasteiger partial charge in [0.2, 0.25) is 0 Å². The van der Waals surface area contributed by atoms with Gasteiger partial charge in [-0.1, -0.05) is 0 Å². The molecule has 3 heterocycles. The van der Waals surface area contributed by atoms with Crippen LogP contribution in [0.3, 0.4) is 0 Å². The van der Waals surface area contributed by atoms with Crippen LogP contribution in [0.5, 0.6) is 0 Å². The highest BCUT2D eigenvalue weighted by Crippen LogP contribution is 2.27. The van der Waals surface area contributed by atoms with Gasteiger partial charge < -0.3 is 10.0 Å². The molecule has 0 saturated carbocycles. The molecule has 7 heteroatoms. The number of hydrogen-bond donors (Lipinski definition) is 1. The zero-order valence-corrected chi connectivity index (χ0v) is 12.8. The Balaban J connectivity index is 1.83. The van der Waals surface area contributed by atoms with Gasteiger partial charge in [-0.25, -0.2) is 9.78 Å². The van der Waals surface area contributed by atoms with E-state index in [-0.39, 0.29) is 5.91 Å². The molecule has 1 N–H and O–H groups in total. The Morgan fingerprint density at radius 1 is 1.33 bits per heavy atom. The molecule has 0 bridgehead atoms. The van der Waals surface area contributed by atoms with Crippen LogP contribution in [-0.2, 0) is 4.79 Å². The second-order valence-electron chi connectivity index (χ2n) is 4.90. The monoisotopic (exact) mass is 322 g/mol. The summed E-state index contributed by atoms with van der Waals surface area (Å²) in [4.78, 5) is 29.6. The average molecular weight is 322 g/mol. The fraction of sp³-hybridized carbons (Fsp3) is 0.357. The lowest BCUT2D eigenvalue weighted by molar-refractivity contribution is -0.143. The largest absolute Gasteiger partial charge is 0.480 e. The van der Waals surface area contributed by atoms with Crippen LogP contribution >= 0.6 is 22.7 Å². The molecule has 1 aliphatic heterocycles. The van der Waals surface area contributed by atoms with Crippen molar-refractivity contribution in [3.63, 3.8) is 0 Å². The molecule has 5 nitrogen and oxygen atoms in total. The third-order valence-corrected chi connectivity index (χ3v) is 5.11. The van der Waals surface area contributed by atoms with E-state index in [1.807, 2.05) is 16.8 Å². The van der Waals surface area contributed by atoms with Gasteiger partial charge in [-0.15, -0.1) is 11.3 Å². The molecule has 2 aromatic heterocycles. The van der Waals surface area contributed by atoms with E-state index in [0.717, 1.165) is 23.4 Å². The van der Waals surface area contributed by atoms with E-state index in [4.69, 9.17) is 0 Å². The lowest BCUT2D eigenvalue weighted by Crippen LogP contribution is -2.48. The summed E-state index contributed by atoms with van der Waals surface area (Å²) < 4.78 is 0. The van der Waals surface area contributed by atoms with Crippen molar-refractivity contribution in [3.05, 3.63) is 27.9 Å². The van der Waals surface area contributed by atoms with E-state index in [2.05, 4.69) is 4.98 Å². The molecule has 1 amide bonds. The van der Waals surface area contributed by atoms with E-state index >= 15 is 0 Å². The molecular formula is C14H14N2O3S2. The SMILES string of the molecule is O=C(O)[C@@H]1CCCCN1C(=O)c1csc(-c2ccsc2)n1. The average Bonchev–Trinajstić information content (AvgIpc) is 3.17. The topological polar surface area (TPSA) is 70.5 Å². The van der Waals surface area contributed by atoms with Gasteiger partial charge in [0.1, 0.15) is 16.7 Å². The smallest absolute Gasteiger partial charge is 0.326 e. The molecule has 1 atom stereocenters. The van der Waals surface area contributed by atoms with Crippen LogP contribution in [0.2, 0.25) is 0 Å². The zero-order valence-electron chi connectivity index (χ0n) is 11.2. The minimum atomic E-state index is -0.934. The fourth-order valence-electron chi connectivity index (χ4n) is 2.47. The number of carbonyl (C=O) groups is 2. The number of aliphatic carboxylic acids is 1. The molecular weight excluding hydrogens is 308 g/mol. The molecule has 3 rings (SSSR count). The van der Waals surface area contributed by atoms with Crippen molar-refractivity contribution in [3.8, 4) is 10.6 Å². The van der Waals surface area contributed by atoms with Crippen molar-refractivity contribution in [2.75, 3.05) is 6.54 Å².